The van der Waals surface area contributed by atoms with Gasteiger partial charge >= 0.3 is 6.18 Å². The average molecular weight is 467 g/mol. The lowest BCUT2D eigenvalue weighted by Crippen LogP contribution is -2.40. The van der Waals surface area contributed by atoms with Crippen molar-refractivity contribution in [3.8, 4) is 11.8 Å². The van der Waals surface area contributed by atoms with Gasteiger partial charge in [-0.3, -0.25) is 4.79 Å². The Bertz CT molecular complexity index is 1330. The predicted molar refractivity (Wildman–Crippen MR) is 123 cm³/mol. The predicted octanol–water partition coefficient (Wildman–Crippen LogP) is 5.35. The first-order valence-electron chi connectivity index (χ1n) is 11.4. The number of ether oxygens (including phenoxy) is 1. The second kappa shape index (κ2) is 8.39. The van der Waals surface area contributed by atoms with Crippen LogP contribution in [-0.2, 0) is 13.2 Å². The summed E-state index contributed by atoms with van der Waals surface area (Å²) in [7, 11) is 1.70. The Kier molecular flexibility index (Phi) is 5.51. The highest BCUT2D eigenvalue weighted by molar-refractivity contribution is 5.95. The molecule has 0 N–H and O–H groups in total. The Morgan fingerprint density at radius 1 is 1.03 bits per heavy atom. The molecule has 1 aliphatic heterocycles. The van der Waals surface area contributed by atoms with Gasteiger partial charge in [0, 0.05) is 38.4 Å². The Morgan fingerprint density at radius 3 is 2.29 bits per heavy atom. The minimum atomic E-state index is -4.38. The first kappa shape index (κ1) is 22.3. The molecule has 2 aromatic carbocycles. The fourth-order valence-electron chi connectivity index (χ4n) is 4.75. The largest absolute Gasteiger partial charge is 0.490 e. The van der Waals surface area contributed by atoms with Crippen molar-refractivity contribution in [2.24, 2.45) is 7.05 Å². The van der Waals surface area contributed by atoms with Crippen molar-refractivity contribution in [2.45, 2.75) is 43.9 Å². The number of anilines is 1. The highest BCUT2D eigenvalue weighted by atomic mass is 19.4. The van der Waals surface area contributed by atoms with Gasteiger partial charge in [0.15, 0.2) is 0 Å². The molecule has 176 valence electrons. The molecule has 34 heavy (non-hydrogen) atoms. The number of pyridine rings is 1. The number of nitrogens with zero attached hydrogens (tertiary/aromatic N) is 3. The van der Waals surface area contributed by atoms with Crippen LogP contribution in [0.25, 0.3) is 10.9 Å². The number of alkyl halides is 3. The van der Waals surface area contributed by atoms with Gasteiger partial charge < -0.3 is 14.2 Å². The van der Waals surface area contributed by atoms with Gasteiger partial charge in [0.05, 0.1) is 16.8 Å². The van der Waals surface area contributed by atoms with Gasteiger partial charge in [-0.05, 0) is 54.7 Å². The number of halogens is 3. The molecule has 8 heteroatoms. The van der Waals surface area contributed by atoms with Crippen molar-refractivity contribution in [2.75, 3.05) is 18.0 Å². The zero-order valence-corrected chi connectivity index (χ0v) is 18.7. The molecular formula is C26H24F3N3O2. The van der Waals surface area contributed by atoms with Crippen molar-refractivity contribution in [3.63, 3.8) is 0 Å². The summed E-state index contributed by atoms with van der Waals surface area (Å²) in [5.41, 5.74) is 1.84. The van der Waals surface area contributed by atoms with Gasteiger partial charge in [0.2, 0.25) is 0 Å². The van der Waals surface area contributed by atoms with E-state index in [4.69, 9.17) is 4.74 Å². The van der Waals surface area contributed by atoms with Crippen molar-refractivity contribution in [1.29, 1.82) is 5.26 Å². The van der Waals surface area contributed by atoms with Crippen molar-refractivity contribution < 1.29 is 17.9 Å². The van der Waals surface area contributed by atoms with Crippen LogP contribution in [0.15, 0.2) is 47.3 Å². The summed E-state index contributed by atoms with van der Waals surface area (Å²) >= 11 is 0. The van der Waals surface area contributed by atoms with Crippen molar-refractivity contribution in [3.05, 3.63) is 69.5 Å². The molecule has 2 aliphatic rings. The van der Waals surface area contributed by atoms with E-state index in [1.807, 2.05) is 6.07 Å². The summed E-state index contributed by atoms with van der Waals surface area (Å²) in [6.07, 6.45) is -0.954. The number of nitriles is 1. The standard InChI is InChI=1S/C26H24F3N3O2/c1-31-23-14-17(16-2-3-16)4-9-21(23)24(22(15-30)25(31)33)32-12-10-20(11-13-32)34-19-7-5-18(6-8-19)26(27,28)29/h4-9,14,16,20H,2-3,10-13H2,1H3. The third kappa shape index (κ3) is 4.11. The second-order valence-electron chi connectivity index (χ2n) is 9.08. The van der Waals surface area contributed by atoms with E-state index in [1.54, 1.807) is 11.6 Å². The maximum absolute atomic E-state index is 13.0. The molecule has 5 nitrogen and oxygen atoms in total. The summed E-state index contributed by atoms with van der Waals surface area (Å²) in [6.45, 7) is 1.15. The summed E-state index contributed by atoms with van der Waals surface area (Å²) in [5.74, 6) is 0.951. The zero-order chi connectivity index (χ0) is 24.0. The minimum absolute atomic E-state index is 0.135. The average Bonchev–Trinajstić information content (AvgIpc) is 3.67. The molecule has 5 rings (SSSR count). The molecule has 2 fully saturated rings. The van der Waals surface area contributed by atoms with E-state index in [2.05, 4.69) is 23.1 Å². The zero-order valence-electron chi connectivity index (χ0n) is 18.7. The van der Waals surface area contributed by atoms with Gasteiger partial charge in [0.1, 0.15) is 23.5 Å². The smallest absolute Gasteiger partial charge is 0.416 e. The van der Waals surface area contributed by atoms with Gasteiger partial charge in [-0.15, -0.1) is 0 Å². The molecule has 1 aliphatic carbocycles. The number of fused-ring (bicyclic) bond motifs is 1. The third-order valence-corrected chi connectivity index (χ3v) is 6.80. The van der Waals surface area contributed by atoms with Gasteiger partial charge in [-0.2, -0.15) is 18.4 Å². The molecule has 0 atom stereocenters. The number of hydrogen-bond donors (Lipinski definition) is 0. The number of piperidine rings is 1. The molecule has 1 saturated carbocycles. The first-order chi connectivity index (χ1) is 16.3. The lowest BCUT2D eigenvalue weighted by atomic mass is 10.0. The molecule has 0 unspecified atom stereocenters. The van der Waals surface area contributed by atoms with Crippen LogP contribution < -0.4 is 15.2 Å². The maximum Gasteiger partial charge on any atom is 0.416 e. The number of rotatable bonds is 4. The fraction of sp³-hybridized carbons (Fsp3) is 0.385. The molecule has 2 heterocycles. The summed E-state index contributed by atoms with van der Waals surface area (Å²) in [5, 5.41) is 10.7. The summed E-state index contributed by atoms with van der Waals surface area (Å²) < 4.78 is 45.8. The monoisotopic (exact) mass is 467 g/mol. The van der Waals surface area contributed by atoms with E-state index < -0.39 is 11.7 Å². The Balaban J connectivity index is 1.38. The van der Waals surface area contributed by atoms with Gasteiger partial charge in [0.25, 0.3) is 5.56 Å². The Morgan fingerprint density at radius 2 is 1.71 bits per heavy atom. The van der Waals surface area contributed by atoms with Crippen molar-refractivity contribution in [1.82, 2.24) is 4.57 Å². The molecule has 1 aromatic heterocycles. The SMILES string of the molecule is Cn1c(=O)c(C#N)c(N2CCC(Oc3ccc(C(F)(F)F)cc3)CC2)c2ccc(C3CC3)cc21. The lowest BCUT2D eigenvalue weighted by molar-refractivity contribution is -0.137. The maximum atomic E-state index is 13.0. The van der Waals surface area contributed by atoms with Crippen LogP contribution in [0.1, 0.15) is 48.3 Å². The molecule has 3 aromatic rings. The van der Waals surface area contributed by atoms with Crippen molar-refractivity contribution >= 4 is 16.6 Å². The fourth-order valence-corrected chi connectivity index (χ4v) is 4.75. The van der Waals surface area contributed by atoms with E-state index in [0.29, 0.717) is 43.3 Å². The van der Waals surface area contributed by atoms with Crippen LogP contribution in [-0.4, -0.2) is 23.8 Å². The van der Waals surface area contributed by atoms with Crippen LogP contribution in [0.5, 0.6) is 5.75 Å². The van der Waals surface area contributed by atoms with Gasteiger partial charge in [-0.25, -0.2) is 0 Å². The third-order valence-electron chi connectivity index (χ3n) is 6.80. The Labute approximate surface area is 195 Å². The van der Waals surface area contributed by atoms with Crippen LogP contribution >= 0.6 is 0 Å². The van der Waals surface area contributed by atoms with E-state index in [9.17, 15) is 23.2 Å². The minimum Gasteiger partial charge on any atom is -0.490 e. The Hall–Kier alpha value is -3.47. The highest BCUT2D eigenvalue weighted by Gasteiger charge is 2.31. The summed E-state index contributed by atoms with van der Waals surface area (Å²) in [6, 6.07) is 13.0. The highest BCUT2D eigenvalue weighted by Crippen LogP contribution is 2.42. The lowest BCUT2D eigenvalue weighted by Gasteiger charge is -2.35. The normalized spacial score (nSPS) is 17.1. The number of aryl methyl sites for hydroxylation is 1. The van der Waals surface area contributed by atoms with Gasteiger partial charge in [-0.1, -0.05) is 12.1 Å². The van der Waals surface area contributed by atoms with Crippen LogP contribution in [0.3, 0.4) is 0 Å². The number of hydrogen-bond acceptors (Lipinski definition) is 4. The topological polar surface area (TPSA) is 58.3 Å². The van der Waals surface area contributed by atoms with E-state index in [1.165, 1.54) is 17.7 Å². The summed E-state index contributed by atoms with van der Waals surface area (Å²) in [4.78, 5) is 15.0. The first-order valence-corrected chi connectivity index (χ1v) is 11.4. The number of aromatic nitrogens is 1. The van der Waals surface area contributed by atoms with E-state index in [0.717, 1.165) is 35.9 Å². The second-order valence-corrected chi connectivity index (χ2v) is 9.08. The molecule has 0 bridgehead atoms. The van der Waals surface area contributed by atoms with E-state index in [-0.39, 0.29) is 17.2 Å². The molecule has 1 saturated heterocycles. The van der Waals surface area contributed by atoms with Crippen LogP contribution in [0.4, 0.5) is 18.9 Å². The van der Waals surface area contributed by atoms with Crippen LogP contribution in [0, 0.1) is 11.3 Å². The van der Waals surface area contributed by atoms with E-state index >= 15 is 0 Å². The number of benzene rings is 2. The molecular weight excluding hydrogens is 443 g/mol. The van der Waals surface area contributed by atoms with Crippen LogP contribution in [0.2, 0.25) is 0 Å². The molecule has 0 radical (unpaired) electrons. The molecule has 0 spiro atoms. The quantitative estimate of drug-likeness (QED) is 0.519. The molecule has 0 amide bonds.